The van der Waals surface area contributed by atoms with Crippen molar-refractivity contribution < 1.29 is 0 Å². The summed E-state index contributed by atoms with van der Waals surface area (Å²) in [4.78, 5) is 0. The molecule has 0 saturated carbocycles. The van der Waals surface area contributed by atoms with Crippen molar-refractivity contribution in [1.82, 2.24) is 0 Å². The molecule has 348 valence electrons. The van der Waals surface area contributed by atoms with Gasteiger partial charge in [0.25, 0.3) is 0 Å². The minimum absolute atomic E-state index is 1.21. The molecule has 0 nitrogen and oxygen atoms in total. The average Bonchev–Trinajstić information content (AvgIpc) is 4.34. The Balaban J connectivity index is 0.988. The third-order valence-electron chi connectivity index (χ3n) is 17.0. The highest BCUT2D eigenvalue weighted by atomic mass is 14.3. The second kappa shape index (κ2) is 15.8. The van der Waals surface area contributed by atoms with Crippen LogP contribution in [0.4, 0.5) is 0 Å². The molecule has 0 unspecified atom stereocenters. The zero-order valence-electron chi connectivity index (χ0n) is 41.4. The number of fused-ring (bicyclic) bond motifs is 11. The van der Waals surface area contributed by atoms with Crippen molar-refractivity contribution >= 4 is 86.2 Å². The third-order valence-corrected chi connectivity index (χ3v) is 17.0. The lowest BCUT2D eigenvalue weighted by molar-refractivity contribution is 1.59. The summed E-state index contributed by atoms with van der Waals surface area (Å²) in [6, 6.07) is 100. The van der Waals surface area contributed by atoms with Crippen LogP contribution in [0.2, 0.25) is 0 Å². The summed E-state index contributed by atoms with van der Waals surface area (Å²) in [5.41, 5.74) is 20.0. The highest BCUT2D eigenvalue weighted by Gasteiger charge is 2.32. The maximum Gasteiger partial charge on any atom is -0.000697 e. The van der Waals surface area contributed by atoms with Crippen LogP contribution >= 0.6 is 0 Å². The van der Waals surface area contributed by atoms with Crippen molar-refractivity contribution in [2.24, 2.45) is 0 Å². The molecule has 16 aromatic rings. The Morgan fingerprint density at radius 1 is 0.145 bits per heavy atom. The van der Waals surface area contributed by atoms with Crippen LogP contribution in [-0.4, -0.2) is 0 Å². The Kier molecular flexibility index (Phi) is 8.65. The largest absolute Gasteiger partial charge is 0.0622 e. The predicted octanol–water partition coefficient (Wildman–Crippen LogP) is 21.4. The maximum absolute atomic E-state index is 2.54. The Bertz CT molecular complexity index is 4920. The smallest absolute Gasteiger partial charge is 0.000697 e. The summed E-state index contributed by atoms with van der Waals surface area (Å²) in [6.45, 7) is 0. The third kappa shape index (κ3) is 5.73. The number of rotatable bonds is 6. The molecule has 0 amide bonds. The van der Waals surface area contributed by atoms with Gasteiger partial charge in [-0.05, 0) is 199 Å². The Labute approximate surface area is 439 Å². The van der Waals surface area contributed by atoms with E-state index in [2.05, 4.69) is 267 Å². The van der Waals surface area contributed by atoms with Gasteiger partial charge in [-0.2, -0.15) is 0 Å². The second-order valence-electron chi connectivity index (χ2n) is 20.9. The predicted molar refractivity (Wildman–Crippen MR) is 326 cm³/mol. The van der Waals surface area contributed by atoms with Crippen molar-refractivity contribution in [1.29, 1.82) is 0 Å². The van der Waals surface area contributed by atoms with E-state index in [9.17, 15) is 0 Å². The maximum atomic E-state index is 2.54. The van der Waals surface area contributed by atoms with Gasteiger partial charge in [-0.15, -0.1) is 0 Å². The monoisotopic (exact) mass is 956 g/mol. The molecule has 0 bridgehead atoms. The summed E-state index contributed by atoms with van der Waals surface area (Å²) >= 11 is 0. The lowest BCUT2D eigenvalue weighted by atomic mass is 9.82. The number of benzene rings is 14. The van der Waals surface area contributed by atoms with Gasteiger partial charge in [-0.3, -0.25) is 0 Å². The van der Waals surface area contributed by atoms with Gasteiger partial charge in [-0.25, -0.2) is 0 Å². The Hall–Kier alpha value is -9.88. The zero-order valence-corrected chi connectivity index (χ0v) is 41.4. The molecule has 16 aromatic carbocycles. The zero-order chi connectivity index (χ0) is 49.6. The SMILES string of the molecule is c1ccc(-c2cccc(-c3c4c(c(-c5cccc(-c6ccccc6)c5)c5ccccc35)-c3ccc(-c5cc6c(-c7ccccc7)c7c8cccc9cccc(c98)c7c7c8ccccc8c(c5)c67)c5cccc-4c35)c2)cc1. The van der Waals surface area contributed by atoms with E-state index in [0.29, 0.717) is 0 Å². The normalized spacial score (nSPS) is 12.2. The molecule has 1 aliphatic rings. The molecule has 76 heavy (non-hydrogen) atoms. The first kappa shape index (κ1) is 41.6. The number of hydrogen-bond donors (Lipinski definition) is 0. The lowest BCUT2D eigenvalue weighted by Crippen LogP contribution is -1.94. The molecule has 0 heterocycles. The van der Waals surface area contributed by atoms with Gasteiger partial charge in [0.2, 0.25) is 0 Å². The van der Waals surface area contributed by atoms with Crippen LogP contribution in [0.5, 0.6) is 0 Å². The molecule has 1 aliphatic carbocycles. The molecule has 0 aromatic heterocycles. The Morgan fingerprint density at radius 3 is 1.21 bits per heavy atom. The minimum Gasteiger partial charge on any atom is -0.0622 e. The summed E-state index contributed by atoms with van der Waals surface area (Å²) in [6.07, 6.45) is 0. The second-order valence-corrected chi connectivity index (χ2v) is 20.9. The summed E-state index contributed by atoms with van der Waals surface area (Å²) in [5, 5.41) is 21.0. The standard InChI is InChI=1S/C76H44/c1-4-19-45(20-5-1)49-27-14-29-51(41-49)68-58-33-12-13-34-59(58)69(52-30-15-28-50(42-52)46-21-6-2-7-22-46)75-63-40-39-54(56-35-18-38-62(70(56)63)74(68)75)53-43-64-55-31-10-11-32-57(55)72-71(64)65(44-53)67(48-23-8-3-9-24-48)73-60-36-16-25-47-26-17-37-61(66(47)60)76(72)73/h1-44H. The van der Waals surface area contributed by atoms with E-state index in [0.717, 1.165) is 0 Å². The first-order valence-corrected chi connectivity index (χ1v) is 26.6. The van der Waals surface area contributed by atoms with E-state index in [1.54, 1.807) is 0 Å². The van der Waals surface area contributed by atoms with Crippen LogP contribution in [0.3, 0.4) is 0 Å². The molecular weight excluding hydrogens is 913 g/mol. The Morgan fingerprint density at radius 2 is 0.579 bits per heavy atom. The first-order valence-electron chi connectivity index (χ1n) is 26.6. The van der Waals surface area contributed by atoms with Crippen molar-refractivity contribution in [2.75, 3.05) is 0 Å². The van der Waals surface area contributed by atoms with Gasteiger partial charge in [0.1, 0.15) is 0 Å². The van der Waals surface area contributed by atoms with Crippen molar-refractivity contribution in [3.63, 3.8) is 0 Å². The van der Waals surface area contributed by atoms with Gasteiger partial charge in [0.05, 0.1) is 0 Å². The average molecular weight is 957 g/mol. The summed E-state index contributed by atoms with van der Waals surface area (Å²) in [7, 11) is 0. The quantitative estimate of drug-likeness (QED) is 0.156. The fourth-order valence-corrected chi connectivity index (χ4v) is 14.0. The molecule has 0 spiro atoms. The number of hydrogen-bond acceptors (Lipinski definition) is 0. The van der Waals surface area contributed by atoms with Crippen molar-refractivity contribution in [3.8, 4) is 89.0 Å². The highest BCUT2D eigenvalue weighted by molar-refractivity contribution is 6.48. The minimum atomic E-state index is 1.21. The first-order chi connectivity index (χ1) is 37.7. The molecular formula is C76H44. The lowest BCUT2D eigenvalue weighted by Gasteiger charge is -2.21. The van der Waals surface area contributed by atoms with Crippen LogP contribution in [-0.2, 0) is 0 Å². The van der Waals surface area contributed by atoms with Crippen LogP contribution in [0.1, 0.15) is 0 Å². The van der Waals surface area contributed by atoms with Crippen LogP contribution in [0.25, 0.3) is 175 Å². The summed E-state index contributed by atoms with van der Waals surface area (Å²) < 4.78 is 0. The van der Waals surface area contributed by atoms with Crippen LogP contribution in [0.15, 0.2) is 267 Å². The van der Waals surface area contributed by atoms with Crippen molar-refractivity contribution in [2.45, 2.75) is 0 Å². The van der Waals surface area contributed by atoms with Gasteiger partial charge in [0.15, 0.2) is 0 Å². The van der Waals surface area contributed by atoms with Gasteiger partial charge in [-0.1, -0.05) is 243 Å². The van der Waals surface area contributed by atoms with E-state index < -0.39 is 0 Å². The van der Waals surface area contributed by atoms with E-state index in [4.69, 9.17) is 0 Å². The van der Waals surface area contributed by atoms with E-state index in [1.807, 2.05) is 0 Å². The molecule has 0 heteroatoms. The van der Waals surface area contributed by atoms with E-state index >= 15 is 0 Å². The van der Waals surface area contributed by atoms with Gasteiger partial charge in [0, 0.05) is 0 Å². The van der Waals surface area contributed by atoms with E-state index in [-0.39, 0.29) is 0 Å². The highest BCUT2D eigenvalue weighted by Crippen LogP contribution is 2.60. The molecule has 0 atom stereocenters. The van der Waals surface area contributed by atoms with E-state index in [1.165, 1.54) is 175 Å². The molecule has 0 saturated heterocycles. The molecule has 0 N–H and O–H groups in total. The van der Waals surface area contributed by atoms with Crippen molar-refractivity contribution in [3.05, 3.63) is 267 Å². The summed E-state index contributed by atoms with van der Waals surface area (Å²) in [5.74, 6) is 0. The van der Waals surface area contributed by atoms with Crippen LogP contribution in [0, 0.1) is 0 Å². The topological polar surface area (TPSA) is 0 Å². The fraction of sp³-hybridized carbons (Fsp3) is 0. The molecule has 0 radical (unpaired) electrons. The molecule has 0 fully saturated rings. The fourth-order valence-electron chi connectivity index (χ4n) is 14.0. The molecule has 0 aliphatic heterocycles. The van der Waals surface area contributed by atoms with Gasteiger partial charge < -0.3 is 0 Å². The van der Waals surface area contributed by atoms with Gasteiger partial charge >= 0.3 is 0 Å². The molecule has 17 rings (SSSR count). The van der Waals surface area contributed by atoms with Crippen LogP contribution < -0.4 is 0 Å².